The van der Waals surface area contributed by atoms with Gasteiger partial charge in [0.15, 0.2) is 0 Å². The predicted octanol–water partition coefficient (Wildman–Crippen LogP) is 3.48. The van der Waals surface area contributed by atoms with Crippen molar-refractivity contribution < 1.29 is 9.66 Å². The lowest BCUT2D eigenvalue weighted by Crippen LogP contribution is -2.53. The average Bonchev–Trinajstić information content (AvgIpc) is 2.53. The first kappa shape index (κ1) is 14.6. The first-order valence-corrected chi connectivity index (χ1v) is 7.95. The minimum atomic E-state index is -0.372. The third kappa shape index (κ3) is 2.85. The topological polar surface area (TPSA) is 55.6 Å². The molecule has 2 unspecified atom stereocenters. The Hall–Kier alpha value is -1.33. The lowest BCUT2D eigenvalue weighted by molar-refractivity contribution is -0.384. The van der Waals surface area contributed by atoms with Gasteiger partial charge in [-0.2, -0.15) is 0 Å². The standard InChI is InChI=1S/C15H19ClN2O3/c16-10-11-9-12(18(19)20)5-6-13(11)17-7-8-21-15-4-2-1-3-14(15)17/h5-6,9,14-15H,1-4,7-8,10H2. The van der Waals surface area contributed by atoms with Gasteiger partial charge in [0.25, 0.3) is 5.69 Å². The van der Waals surface area contributed by atoms with Crippen LogP contribution in [0.4, 0.5) is 11.4 Å². The number of morpholine rings is 1. The molecule has 0 bridgehead atoms. The Morgan fingerprint density at radius 1 is 1.38 bits per heavy atom. The maximum Gasteiger partial charge on any atom is 0.269 e. The van der Waals surface area contributed by atoms with E-state index in [0.29, 0.717) is 12.6 Å². The molecule has 114 valence electrons. The van der Waals surface area contributed by atoms with Gasteiger partial charge in [-0.25, -0.2) is 0 Å². The molecule has 1 aromatic rings. The molecule has 0 amide bonds. The normalized spacial score (nSPS) is 25.5. The van der Waals surface area contributed by atoms with Crippen molar-refractivity contribution in [3.63, 3.8) is 0 Å². The van der Waals surface area contributed by atoms with Crippen LogP contribution in [0, 0.1) is 10.1 Å². The molecule has 1 saturated carbocycles. The van der Waals surface area contributed by atoms with E-state index in [-0.39, 0.29) is 22.6 Å². The highest BCUT2D eigenvalue weighted by Gasteiger charge is 2.35. The Morgan fingerprint density at radius 2 is 2.19 bits per heavy atom. The van der Waals surface area contributed by atoms with Crippen molar-refractivity contribution in [1.82, 2.24) is 0 Å². The van der Waals surface area contributed by atoms with Crippen LogP contribution >= 0.6 is 11.6 Å². The van der Waals surface area contributed by atoms with Crippen molar-refractivity contribution >= 4 is 23.0 Å². The Balaban J connectivity index is 1.92. The van der Waals surface area contributed by atoms with E-state index in [0.717, 1.165) is 30.6 Å². The minimum absolute atomic E-state index is 0.0999. The Morgan fingerprint density at radius 3 is 2.95 bits per heavy atom. The number of nitro groups is 1. The molecule has 0 radical (unpaired) electrons. The molecule has 1 saturated heterocycles. The van der Waals surface area contributed by atoms with Crippen LogP contribution in [0.15, 0.2) is 18.2 Å². The van der Waals surface area contributed by atoms with Gasteiger partial charge in [-0.1, -0.05) is 12.8 Å². The first-order valence-electron chi connectivity index (χ1n) is 7.42. The highest BCUT2D eigenvalue weighted by Crippen LogP contribution is 2.35. The molecular formula is C15H19ClN2O3. The van der Waals surface area contributed by atoms with Crippen LogP contribution in [0.2, 0.25) is 0 Å². The zero-order valence-electron chi connectivity index (χ0n) is 11.8. The van der Waals surface area contributed by atoms with Crippen LogP contribution < -0.4 is 4.90 Å². The van der Waals surface area contributed by atoms with Gasteiger partial charge in [0.2, 0.25) is 0 Å². The van der Waals surface area contributed by atoms with Gasteiger partial charge in [-0.3, -0.25) is 10.1 Å². The van der Waals surface area contributed by atoms with Gasteiger partial charge >= 0.3 is 0 Å². The number of ether oxygens (including phenoxy) is 1. The lowest BCUT2D eigenvalue weighted by Gasteiger charge is -2.45. The number of fused-ring (bicyclic) bond motifs is 1. The van der Waals surface area contributed by atoms with E-state index in [4.69, 9.17) is 16.3 Å². The summed E-state index contributed by atoms with van der Waals surface area (Å²) in [5.41, 5.74) is 1.95. The van der Waals surface area contributed by atoms with Crippen LogP contribution in [-0.2, 0) is 10.6 Å². The number of hydrogen-bond donors (Lipinski definition) is 0. The molecule has 2 atom stereocenters. The summed E-state index contributed by atoms with van der Waals surface area (Å²) in [7, 11) is 0. The Kier molecular flexibility index (Phi) is 4.31. The largest absolute Gasteiger partial charge is 0.374 e. The van der Waals surface area contributed by atoms with E-state index in [1.54, 1.807) is 12.1 Å². The molecule has 21 heavy (non-hydrogen) atoms. The number of hydrogen-bond acceptors (Lipinski definition) is 4. The van der Waals surface area contributed by atoms with Gasteiger partial charge in [0.1, 0.15) is 0 Å². The molecular weight excluding hydrogens is 292 g/mol. The smallest absolute Gasteiger partial charge is 0.269 e. The van der Waals surface area contributed by atoms with Crippen molar-refractivity contribution in [2.75, 3.05) is 18.1 Å². The van der Waals surface area contributed by atoms with E-state index < -0.39 is 0 Å². The monoisotopic (exact) mass is 310 g/mol. The van der Waals surface area contributed by atoms with Gasteiger partial charge in [-0.05, 0) is 24.5 Å². The summed E-state index contributed by atoms with van der Waals surface area (Å²) in [6.45, 7) is 1.53. The molecule has 0 aromatic heterocycles. The van der Waals surface area contributed by atoms with E-state index in [2.05, 4.69) is 4.90 Å². The zero-order chi connectivity index (χ0) is 14.8. The molecule has 5 nitrogen and oxygen atoms in total. The maximum atomic E-state index is 10.9. The highest BCUT2D eigenvalue weighted by atomic mass is 35.5. The molecule has 2 aliphatic rings. The van der Waals surface area contributed by atoms with Crippen molar-refractivity contribution in [3.05, 3.63) is 33.9 Å². The van der Waals surface area contributed by atoms with Gasteiger partial charge in [0, 0.05) is 30.2 Å². The summed E-state index contributed by atoms with van der Waals surface area (Å²) >= 11 is 6.02. The second-order valence-electron chi connectivity index (χ2n) is 5.66. The van der Waals surface area contributed by atoms with E-state index in [9.17, 15) is 10.1 Å². The number of nitro benzene ring substituents is 1. The summed E-state index contributed by atoms with van der Waals surface area (Å²) in [6, 6.07) is 5.37. The fourth-order valence-electron chi connectivity index (χ4n) is 3.47. The summed E-state index contributed by atoms with van der Waals surface area (Å²) in [5.74, 6) is 0.283. The van der Waals surface area contributed by atoms with Gasteiger partial charge < -0.3 is 9.64 Å². The van der Waals surface area contributed by atoms with Crippen LogP contribution in [0.25, 0.3) is 0 Å². The molecule has 3 rings (SSSR count). The Bertz CT molecular complexity index is 536. The van der Waals surface area contributed by atoms with Crippen LogP contribution in [-0.4, -0.2) is 30.2 Å². The number of halogens is 1. The molecule has 1 heterocycles. The number of rotatable bonds is 3. The fourth-order valence-corrected chi connectivity index (χ4v) is 3.68. The molecule has 1 aromatic carbocycles. The van der Waals surface area contributed by atoms with Crippen LogP contribution in [0.1, 0.15) is 31.2 Å². The van der Waals surface area contributed by atoms with E-state index in [1.165, 1.54) is 12.8 Å². The average molecular weight is 311 g/mol. The predicted molar refractivity (Wildman–Crippen MR) is 82.0 cm³/mol. The zero-order valence-corrected chi connectivity index (χ0v) is 12.6. The number of nitrogens with zero attached hydrogens (tertiary/aromatic N) is 2. The number of anilines is 1. The van der Waals surface area contributed by atoms with Gasteiger partial charge in [0.05, 0.1) is 23.7 Å². The minimum Gasteiger partial charge on any atom is -0.374 e. The quantitative estimate of drug-likeness (QED) is 0.487. The second kappa shape index (κ2) is 6.20. The van der Waals surface area contributed by atoms with Crippen molar-refractivity contribution in [3.8, 4) is 0 Å². The second-order valence-corrected chi connectivity index (χ2v) is 5.93. The third-order valence-electron chi connectivity index (χ3n) is 4.46. The summed E-state index contributed by atoms with van der Waals surface area (Å²) < 4.78 is 5.89. The first-order chi connectivity index (χ1) is 10.2. The van der Waals surface area contributed by atoms with Crippen molar-refractivity contribution in [2.45, 2.75) is 43.7 Å². The highest BCUT2D eigenvalue weighted by molar-refractivity contribution is 6.17. The molecule has 6 heteroatoms. The summed E-state index contributed by atoms with van der Waals surface area (Å²) in [5, 5.41) is 10.9. The van der Waals surface area contributed by atoms with Crippen molar-refractivity contribution in [2.24, 2.45) is 0 Å². The van der Waals surface area contributed by atoms with Crippen LogP contribution in [0.5, 0.6) is 0 Å². The van der Waals surface area contributed by atoms with Crippen LogP contribution in [0.3, 0.4) is 0 Å². The van der Waals surface area contributed by atoms with E-state index in [1.807, 2.05) is 6.07 Å². The molecule has 0 spiro atoms. The Labute approximate surface area is 129 Å². The molecule has 2 fully saturated rings. The summed E-state index contributed by atoms with van der Waals surface area (Å²) in [4.78, 5) is 12.9. The molecule has 1 aliphatic heterocycles. The van der Waals surface area contributed by atoms with E-state index >= 15 is 0 Å². The number of benzene rings is 1. The van der Waals surface area contributed by atoms with Crippen molar-refractivity contribution in [1.29, 1.82) is 0 Å². The third-order valence-corrected chi connectivity index (χ3v) is 4.75. The number of alkyl halides is 1. The number of non-ortho nitro benzene ring substituents is 1. The maximum absolute atomic E-state index is 10.9. The molecule has 1 aliphatic carbocycles. The van der Waals surface area contributed by atoms with Gasteiger partial charge in [-0.15, -0.1) is 11.6 Å². The fraction of sp³-hybridized carbons (Fsp3) is 0.600. The summed E-state index contributed by atoms with van der Waals surface area (Å²) in [6.07, 6.45) is 4.93. The lowest BCUT2D eigenvalue weighted by atomic mass is 9.89. The SMILES string of the molecule is O=[N+]([O-])c1ccc(N2CCOC3CCCCC32)c(CCl)c1. The molecule has 0 N–H and O–H groups in total.